The number of benzene rings is 1. The van der Waals surface area contributed by atoms with Gasteiger partial charge in [0.15, 0.2) is 5.96 Å². The van der Waals surface area contributed by atoms with Crippen molar-refractivity contribution < 1.29 is 4.92 Å². The van der Waals surface area contributed by atoms with Crippen LogP contribution in [0.15, 0.2) is 41.4 Å². The molecule has 0 atom stereocenters. The van der Waals surface area contributed by atoms with Crippen molar-refractivity contribution in [1.29, 1.82) is 0 Å². The lowest BCUT2D eigenvalue weighted by Crippen LogP contribution is -2.36. The van der Waals surface area contributed by atoms with Crippen LogP contribution in [0.3, 0.4) is 0 Å². The van der Waals surface area contributed by atoms with Gasteiger partial charge in [0.1, 0.15) is 0 Å². The molecule has 0 unspecified atom stereocenters. The van der Waals surface area contributed by atoms with Gasteiger partial charge in [0.05, 0.1) is 18.0 Å². The van der Waals surface area contributed by atoms with E-state index in [4.69, 9.17) is 0 Å². The summed E-state index contributed by atoms with van der Waals surface area (Å²) >= 11 is 1.76. The zero-order chi connectivity index (χ0) is 16.7. The van der Waals surface area contributed by atoms with Crippen LogP contribution in [0.25, 0.3) is 0 Å². The zero-order valence-electron chi connectivity index (χ0n) is 13.6. The van der Waals surface area contributed by atoms with Crippen molar-refractivity contribution in [2.24, 2.45) is 4.99 Å². The normalized spacial score (nSPS) is 10.8. The molecule has 6 nitrogen and oxygen atoms in total. The van der Waals surface area contributed by atoms with E-state index < -0.39 is 4.92 Å². The van der Waals surface area contributed by atoms with E-state index in [1.807, 2.05) is 6.92 Å². The van der Waals surface area contributed by atoms with Gasteiger partial charge >= 0.3 is 0 Å². The summed E-state index contributed by atoms with van der Waals surface area (Å²) in [5.74, 6) is 0.733. The maximum absolute atomic E-state index is 10.6. The molecule has 0 spiro atoms. The fraction of sp³-hybridized carbons (Fsp3) is 0.312. The molecule has 0 aliphatic rings. The van der Waals surface area contributed by atoms with Gasteiger partial charge in [-0.3, -0.25) is 10.1 Å². The Labute approximate surface area is 162 Å². The number of halogens is 1. The van der Waals surface area contributed by atoms with Crippen LogP contribution >= 0.6 is 35.3 Å². The van der Waals surface area contributed by atoms with Crippen LogP contribution in [0.4, 0.5) is 5.69 Å². The quantitative estimate of drug-likeness (QED) is 0.226. The van der Waals surface area contributed by atoms with Gasteiger partial charge in [0.25, 0.3) is 5.69 Å². The fourth-order valence-electron chi connectivity index (χ4n) is 1.99. The first kappa shape index (κ1) is 20.4. The predicted molar refractivity (Wildman–Crippen MR) is 109 cm³/mol. The third-order valence-electron chi connectivity index (χ3n) is 3.14. The lowest BCUT2D eigenvalue weighted by atomic mass is 10.2. The Hall–Kier alpha value is -1.68. The van der Waals surface area contributed by atoms with Gasteiger partial charge in [-0.15, -0.1) is 35.3 Å². The van der Waals surface area contributed by atoms with Gasteiger partial charge in [0.2, 0.25) is 0 Å². The molecule has 130 valence electrons. The van der Waals surface area contributed by atoms with Gasteiger partial charge in [0, 0.05) is 28.4 Å². The average molecular weight is 460 g/mol. The van der Waals surface area contributed by atoms with Crippen LogP contribution in [0.1, 0.15) is 22.2 Å². The molecule has 24 heavy (non-hydrogen) atoms. The van der Waals surface area contributed by atoms with Crippen molar-refractivity contribution in [1.82, 2.24) is 10.6 Å². The molecule has 2 aromatic rings. The molecule has 0 saturated heterocycles. The summed E-state index contributed by atoms with van der Waals surface area (Å²) in [6, 6.07) is 10.7. The Balaban J connectivity index is 0.00000288. The van der Waals surface area contributed by atoms with Gasteiger partial charge in [-0.05, 0) is 31.5 Å². The van der Waals surface area contributed by atoms with Crippen molar-refractivity contribution in [2.75, 3.05) is 6.54 Å². The minimum Gasteiger partial charge on any atom is -0.357 e. The van der Waals surface area contributed by atoms with Gasteiger partial charge in [-0.1, -0.05) is 12.1 Å². The van der Waals surface area contributed by atoms with Crippen LogP contribution in [0.5, 0.6) is 0 Å². The number of aliphatic imine (C=N–C) groups is 1. The molecule has 1 aromatic carbocycles. The van der Waals surface area contributed by atoms with E-state index in [1.165, 1.54) is 21.9 Å². The second-order valence-electron chi connectivity index (χ2n) is 4.98. The Morgan fingerprint density at radius 1 is 1.21 bits per heavy atom. The van der Waals surface area contributed by atoms with E-state index in [9.17, 15) is 10.1 Å². The molecule has 8 heteroatoms. The van der Waals surface area contributed by atoms with Gasteiger partial charge in [-0.25, -0.2) is 4.99 Å². The molecule has 2 N–H and O–H groups in total. The number of guanidine groups is 1. The highest BCUT2D eigenvalue weighted by Crippen LogP contribution is 2.14. The first-order valence-electron chi connectivity index (χ1n) is 7.39. The summed E-state index contributed by atoms with van der Waals surface area (Å²) < 4.78 is 0. The summed E-state index contributed by atoms with van der Waals surface area (Å²) in [5, 5.41) is 17.1. The zero-order valence-corrected chi connectivity index (χ0v) is 16.8. The van der Waals surface area contributed by atoms with Crippen molar-refractivity contribution in [2.45, 2.75) is 26.9 Å². The number of nitro benzene ring substituents is 1. The third-order valence-corrected chi connectivity index (χ3v) is 4.14. The molecule has 0 radical (unpaired) electrons. The second-order valence-corrected chi connectivity index (χ2v) is 6.36. The SMILES string of the molecule is CCNC(=NCc1ccc([N+](=O)[O-])cc1)NCc1ccc(C)s1.I. The molecule has 1 aromatic heterocycles. The van der Waals surface area contributed by atoms with Crippen molar-refractivity contribution >= 4 is 47.0 Å². The molecule has 2 rings (SSSR count). The van der Waals surface area contributed by atoms with Gasteiger partial charge < -0.3 is 10.6 Å². The molecular formula is C16H21IN4O2S. The third kappa shape index (κ3) is 6.44. The van der Waals surface area contributed by atoms with E-state index in [-0.39, 0.29) is 29.7 Å². The van der Waals surface area contributed by atoms with Crippen molar-refractivity contribution in [3.05, 3.63) is 61.8 Å². The number of thiophene rings is 1. The summed E-state index contributed by atoms with van der Waals surface area (Å²) in [5.41, 5.74) is 1.02. The van der Waals surface area contributed by atoms with Crippen LogP contribution in [0.2, 0.25) is 0 Å². The minimum absolute atomic E-state index is 0. The minimum atomic E-state index is -0.401. The molecule has 0 bridgehead atoms. The predicted octanol–water partition coefficient (Wildman–Crippen LogP) is 3.84. The van der Waals surface area contributed by atoms with Crippen molar-refractivity contribution in [3.8, 4) is 0 Å². The highest BCUT2D eigenvalue weighted by atomic mass is 127. The van der Waals surface area contributed by atoms with E-state index in [0.29, 0.717) is 6.54 Å². The van der Waals surface area contributed by atoms with Crippen LogP contribution < -0.4 is 10.6 Å². The summed E-state index contributed by atoms with van der Waals surface area (Å²) in [4.78, 5) is 17.3. The number of nitrogens with zero attached hydrogens (tertiary/aromatic N) is 2. The highest BCUT2D eigenvalue weighted by molar-refractivity contribution is 14.0. The Morgan fingerprint density at radius 2 is 1.92 bits per heavy atom. The summed E-state index contributed by atoms with van der Waals surface area (Å²) in [6.45, 7) is 6.07. The van der Waals surface area contributed by atoms with Crippen LogP contribution in [0, 0.1) is 17.0 Å². The van der Waals surface area contributed by atoms with E-state index >= 15 is 0 Å². The number of hydrogen-bond acceptors (Lipinski definition) is 4. The number of nitro groups is 1. The molecular weight excluding hydrogens is 439 g/mol. The van der Waals surface area contributed by atoms with E-state index in [1.54, 1.807) is 23.5 Å². The Morgan fingerprint density at radius 3 is 2.46 bits per heavy atom. The number of aryl methyl sites for hydroxylation is 1. The highest BCUT2D eigenvalue weighted by Gasteiger charge is 2.04. The molecule has 0 aliphatic heterocycles. The molecule has 0 aliphatic carbocycles. The monoisotopic (exact) mass is 460 g/mol. The van der Waals surface area contributed by atoms with Crippen molar-refractivity contribution in [3.63, 3.8) is 0 Å². The first-order valence-corrected chi connectivity index (χ1v) is 8.21. The Kier molecular flexibility index (Phi) is 8.69. The topological polar surface area (TPSA) is 79.6 Å². The fourth-order valence-corrected chi connectivity index (χ4v) is 2.82. The van der Waals surface area contributed by atoms with Crippen LogP contribution in [-0.2, 0) is 13.1 Å². The average Bonchev–Trinajstić information content (AvgIpc) is 2.96. The Bertz CT molecular complexity index is 686. The van der Waals surface area contributed by atoms with Gasteiger partial charge in [-0.2, -0.15) is 0 Å². The first-order chi connectivity index (χ1) is 11.1. The summed E-state index contributed by atoms with van der Waals surface area (Å²) in [6.07, 6.45) is 0. The van der Waals surface area contributed by atoms with Crippen LogP contribution in [-0.4, -0.2) is 17.4 Å². The lowest BCUT2D eigenvalue weighted by molar-refractivity contribution is -0.384. The maximum atomic E-state index is 10.6. The number of nitrogens with one attached hydrogen (secondary N) is 2. The summed E-state index contributed by atoms with van der Waals surface area (Å²) in [7, 11) is 0. The second kappa shape index (κ2) is 10.2. The lowest BCUT2D eigenvalue weighted by Gasteiger charge is -2.10. The molecule has 0 fully saturated rings. The van der Waals surface area contributed by atoms with E-state index in [0.717, 1.165) is 24.6 Å². The number of rotatable bonds is 6. The largest absolute Gasteiger partial charge is 0.357 e. The molecule has 0 saturated carbocycles. The van der Waals surface area contributed by atoms with E-state index in [2.05, 4.69) is 34.7 Å². The number of hydrogen-bond donors (Lipinski definition) is 2. The standard InChI is InChI=1S/C16H20N4O2S.HI/c1-3-17-16(19-11-15-9-4-12(2)23-15)18-10-13-5-7-14(8-6-13)20(21)22;/h4-9H,3,10-11H2,1-2H3,(H2,17,18,19);1H. The molecule has 0 amide bonds. The molecule has 1 heterocycles. The maximum Gasteiger partial charge on any atom is 0.269 e. The smallest absolute Gasteiger partial charge is 0.269 e. The number of non-ortho nitro benzene ring substituents is 1.